The molecule has 0 spiro atoms. The standard InChI is InChI=1S/C17H25N3O4S/c1-4-9-18-17(21)14(2)19-10-12-20(13-11-19)25(22,23)16-7-5-15(24-3)6-8-16/h4-8,14H,1,9-13H2,2-3H3,(H,18,21)/p+1/t14-/m1/s1. The van der Waals surface area contributed by atoms with Crippen molar-refractivity contribution >= 4 is 15.9 Å². The van der Waals surface area contributed by atoms with Crippen LogP contribution in [0.1, 0.15) is 6.92 Å². The third kappa shape index (κ3) is 4.59. The van der Waals surface area contributed by atoms with Gasteiger partial charge in [0.1, 0.15) is 5.75 Å². The van der Waals surface area contributed by atoms with E-state index < -0.39 is 10.0 Å². The lowest BCUT2D eigenvalue weighted by atomic mass is 10.2. The lowest BCUT2D eigenvalue weighted by Crippen LogP contribution is -3.19. The van der Waals surface area contributed by atoms with Gasteiger partial charge in [0, 0.05) is 6.54 Å². The van der Waals surface area contributed by atoms with Gasteiger partial charge in [-0.3, -0.25) is 4.79 Å². The molecule has 7 nitrogen and oxygen atoms in total. The number of piperazine rings is 1. The van der Waals surface area contributed by atoms with Gasteiger partial charge in [0.25, 0.3) is 5.91 Å². The van der Waals surface area contributed by atoms with Gasteiger partial charge in [0.05, 0.1) is 38.2 Å². The van der Waals surface area contributed by atoms with Crippen molar-refractivity contribution in [1.29, 1.82) is 0 Å². The number of carbonyl (C=O) groups excluding carboxylic acids is 1. The van der Waals surface area contributed by atoms with Gasteiger partial charge in [0.2, 0.25) is 10.0 Å². The topological polar surface area (TPSA) is 80.2 Å². The Labute approximate surface area is 149 Å². The van der Waals surface area contributed by atoms with E-state index in [0.29, 0.717) is 38.5 Å². The number of benzene rings is 1. The number of sulfonamides is 1. The average molecular weight is 368 g/mol. The highest BCUT2D eigenvalue weighted by Gasteiger charge is 2.34. The molecule has 1 heterocycles. The van der Waals surface area contributed by atoms with Crippen molar-refractivity contribution in [1.82, 2.24) is 9.62 Å². The highest BCUT2D eigenvalue weighted by molar-refractivity contribution is 7.89. The van der Waals surface area contributed by atoms with Crippen LogP contribution in [0.25, 0.3) is 0 Å². The number of rotatable bonds is 7. The molecule has 1 aliphatic rings. The van der Waals surface area contributed by atoms with Crippen LogP contribution < -0.4 is 15.0 Å². The number of amides is 1. The van der Waals surface area contributed by atoms with Crippen molar-refractivity contribution in [3.8, 4) is 5.75 Å². The van der Waals surface area contributed by atoms with Gasteiger partial charge < -0.3 is 15.0 Å². The summed E-state index contributed by atoms with van der Waals surface area (Å²) in [6.45, 7) is 7.85. The summed E-state index contributed by atoms with van der Waals surface area (Å²) in [7, 11) is -1.98. The summed E-state index contributed by atoms with van der Waals surface area (Å²) in [4.78, 5) is 13.4. The molecular formula is C17H26N3O4S+. The van der Waals surface area contributed by atoms with Crippen molar-refractivity contribution in [2.24, 2.45) is 0 Å². The first-order valence-electron chi connectivity index (χ1n) is 8.27. The van der Waals surface area contributed by atoms with Gasteiger partial charge in [-0.25, -0.2) is 8.42 Å². The molecule has 0 aliphatic carbocycles. The molecule has 138 valence electrons. The molecule has 1 aromatic carbocycles. The maximum absolute atomic E-state index is 12.7. The van der Waals surface area contributed by atoms with Crippen LogP contribution >= 0.6 is 0 Å². The summed E-state index contributed by atoms with van der Waals surface area (Å²) in [6.07, 6.45) is 1.64. The second-order valence-corrected chi connectivity index (χ2v) is 7.93. The van der Waals surface area contributed by atoms with Crippen LogP contribution in [0, 0.1) is 0 Å². The largest absolute Gasteiger partial charge is 0.497 e. The first-order valence-corrected chi connectivity index (χ1v) is 9.71. The predicted molar refractivity (Wildman–Crippen MR) is 95.1 cm³/mol. The first kappa shape index (κ1) is 19.4. The fourth-order valence-corrected chi connectivity index (χ4v) is 4.30. The summed E-state index contributed by atoms with van der Waals surface area (Å²) in [5.41, 5.74) is 0. The number of nitrogens with one attached hydrogen (secondary N) is 2. The maximum atomic E-state index is 12.7. The number of ether oxygens (including phenoxy) is 1. The summed E-state index contributed by atoms with van der Waals surface area (Å²) >= 11 is 0. The van der Waals surface area contributed by atoms with Crippen LogP contribution in [0.2, 0.25) is 0 Å². The monoisotopic (exact) mass is 368 g/mol. The molecule has 2 N–H and O–H groups in total. The van der Waals surface area contributed by atoms with Crippen LogP contribution in [-0.4, -0.2) is 64.5 Å². The van der Waals surface area contributed by atoms with Crippen LogP contribution in [0.5, 0.6) is 5.75 Å². The van der Waals surface area contributed by atoms with Gasteiger partial charge in [0.15, 0.2) is 6.04 Å². The van der Waals surface area contributed by atoms with E-state index in [1.54, 1.807) is 30.3 Å². The molecule has 1 amide bonds. The predicted octanol–water partition coefficient (Wildman–Crippen LogP) is -0.725. The van der Waals surface area contributed by atoms with Crippen LogP contribution in [0.4, 0.5) is 0 Å². The molecule has 25 heavy (non-hydrogen) atoms. The Bertz CT molecular complexity index is 695. The van der Waals surface area contributed by atoms with Crippen molar-refractivity contribution in [2.45, 2.75) is 17.9 Å². The number of quaternary nitrogens is 1. The Kier molecular flexibility index (Phi) is 6.57. The van der Waals surface area contributed by atoms with Gasteiger partial charge in [-0.1, -0.05) is 6.08 Å². The third-order valence-corrected chi connectivity index (χ3v) is 6.40. The maximum Gasteiger partial charge on any atom is 0.278 e. The molecule has 1 saturated heterocycles. The molecule has 1 aliphatic heterocycles. The Morgan fingerprint density at radius 3 is 2.48 bits per heavy atom. The van der Waals surface area contributed by atoms with Crippen LogP contribution in [0.3, 0.4) is 0 Å². The minimum absolute atomic E-state index is 0.0404. The Hall–Kier alpha value is -1.90. The zero-order valence-electron chi connectivity index (χ0n) is 14.7. The SMILES string of the molecule is C=CCNC(=O)[C@@H](C)[NH+]1CCN(S(=O)(=O)c2ccc(OC)cc2)CC1. The average Bonchev–Trinajstić information content (AvgIpc) is 2.65. The zero-order chi connectivity index (χ0) is 18.4. The Morgan fingerprint density at radius 1 is 1.36 bits per heavy atom. The molecule has 0 radical (unpaired) electrons. The van der Waals surface area contributed by atoms with Crippen LogP contribution in [0.15, 0.2) is 41.8 Å². The van der Waals surface area contributed by atoms with Gasteiger partial charge in [-0.15, -0.1) is 6.58 Å². The quantitative estimate of drug-likeness (QED) is 0.622. The van der Waals surface area contributed by atoms with E-state index in [0.717, 1.165) is 4.90 Å². The summed E-state index contributed by atoms with van der Waals surface area (Å²) in [5, 5.41) is 2.79. The molecule has 2 rings (SSSR count). The second-order valence-electron chi connectivity index (χ2n) is 5.99. The van der Waals surface area contributed by atoms with E-state index in [2.05, 4.69) is 11.9 Å². The Balaban J connectivity index is 1.98. The molecule has 0 saturated carbocycles. The zero-order valence-corrected chi connectivity index (χ0v) is 15.5. The van der Waals surface area contributed by atoms with Gasteiger partial charge in [-0.05, 0) is 31.2 Å². The molecule has 0 aromatic heterocycles. The molecule has 0 bridgehead atoms. The summed E-state index contributed by atoms with van der Waals surface area (Å²) in [5.74, 6) is 0.578. The molecule has 8 heteroatoms. The van der Waals surface area contributed by atoms with E-state index >= 15 is 0 Å². The third-order valence-electron chi connectivity index (χ3n) is 4.49. The molecule has 0 unspecified atom stereocenters. The van der Waals surface area contributed by atoms with Crippen molar-refractivity contribution in [3.63, 3.8) is 0 Å². The molecular weight excluding hydrogens is 342 g/mol. The van der Waals surface area contributed by atoms with Gasteiger partial charge >= 0.3 is 0 Å². The fourth-order valence-electron chi connectivity index (χ4n) is 2.85. The lowest BCUT2D eigenvalue weighted by Gasteiger charge is -2.34. The number of nitrogens with zero attached hydrogens (tertiary/aromatic N) is 1. The fraction of sp³-hybridized carbons (Fsp3) is 0.471. The first-order chi connectivity index (χ1) is 11.9. The second kappa shape index (κ2) is 8.46. The van der Waals surface area contributed by atoms with E-state index in [-0.39, 0.29) is 16.8 Å². The normalized spacial score (nSPS) is 17.7. The number of hydrogen-bond acceptors (Lipinski definition) is 4. The molecule has 1 aromatic rings. The number of methoxy groups -OCH3 is 1. The van der Waals surface area contributed by atoms with E-state index in [4.69, 9.17) is 4.74 Å². The van der Waals surface area contributed by atoms with Crippen LogP contribution in [-0.2, 0) is 14.8 Å². The van der Waals surface area contributed by atoms with E-state index in [1.807, 2.05) is 6.92 Å². The lowest BCUT2D eigenvalue weighted by molar-refractivity contribution is -0.917. The number of hydrogen-bond donors (Lipinski definition) is 2. The smallest absolute Gasteiger partial charge is 0.278 e. The molecule has 1 atom stereocenters. The minimum atomic E-state index is -3.52. The van der Waals surface area contributed by atoms with E-state index in [9.17, 15) is 13.2 Å². The van der Waals surface area contributed by atoms with E-state index in [1.165, 1.54) is 11.4 Å². The summed E-state index contributed by atoms with van der Waals surface area (Å²) < 4.78 is 32.0. The summed E-state index contributed by atoms with van der Waals surface area (Å²) in [6, 6.07) is 6.17. The molecule has 1 fully saturated rings. The van der Waals surface area contributed by atoms with Crippen molar-refractivity contribution in [3.05, 3.63) is 36.9 Å². The Morgan fingerprint density at radius 2 is 1.96 bits per heavy atom. The number of carbonyl (C=O) groups is 1. The highest BCUT2D eigenvalue weighted by atomic mass is 32.2. The van der Waals surface area contributed by atoms with Crippen molar-refractivity contribution in [2.75, 3.05) is 39.8 Å². The van der Waals surface area contributed by atoms with Crippen molar-refractivity contribution < 1.29 is 22.8 Å². The van der Waals surface area contributed by atoms with Gasteiger partial charge in [-0.2, -0.15) is 4.31 Å². The highest BCUT2D eigenvalue weighted by Crippen LogP contribution is 2.19. The minimum Gasteiger partial charge on any atom is -0.497 e.